The Kier molecular flexibility index (Phi) is 16.9. The van der Waals surface area contributed by atoms with E-state index >= 15 is 0 Å². The van der Waals surface area contributed by atoms with Gasteiger partial charge in [-0.1, -0.05) is 73.9 Å². The molecule has 3 heterocycles. The van der Waals surface area contributed by atoms with Gasteiger partial charge >= 0.3 is 12.2 Å². The third-order valence-electron chi connectivity index (χ3n) is 12.8. The lowest BCUT2D eigenvalue weighted by Gasteiger charge is -2.36. The normalized spacial score (nSPS) is 18.2. The SMILES string of the molecule is CC(C(=O)NC(C(=O)N1CCCC1c1nc(-c2ccc(OCCOCCOC3CCN(C(=O)OCc4ccccc4)CC3)c3ccccc23)cs1)C1CCCCC1)N(C)C(=O)OC(C)(C)C. The maximum atomic E-state index is 14.6. The molecule has 4 aromatic rings. The number of rotatable bonds is 17. The fraction of sp³-hybridized carbons (Fsp3) is 0.549. The molecule has 1 saturated carbocycles. The van der Waals surface area contributed by atoms with Crippen LogP contribution in [0.15, 0.2) is 72.1 Å². The predicted molar refractivity (Wildman–Crippen MR) is 254 cm³/mol. The number of carbonyl (C=O) groups is 4. The third-order valence-corrected chi connectivity index (χ3v) is 13.7. The highest BCUT2D eigenvalue weighted by atomic mass is 32.1. The van der Waals surface area contributed by atoms with Crippen molar-refractivity contribution in [2.75, 3.05) is 53.1 Å². The molecule has 66 heavy (non-hydrogen) atoms. The Hall–Kier alpha value is -5.25. The zero-order valence-corrected chi connectivity index (χ0v) is 40.0. The van der Waals surface area contributed by atoms with Crippen molar-refractivity contribution in [2.24, 2.45) is 5.92 Å². The lowest BCUT2D eigenvalue weighted by atomic mass is 9.83. The summed E-state index contributed by atoms with van der Waals surface area (Å²) in [5, 5.41) is 8.03. The predicted octanol–water partition coefficient (Wildman–Crippen LogP) is 9.16. The fourth-order valence-corrected chi connectivity index (χ4v) is 10.0. The van der Waals surface area contributed by atoms with Gasteiger partial charge in [-0.15, -0.1) is 11.3 Å². The molecule has 2 saturated heterocycles. The summed E-state index contributed by atoms with van der Waals surface area (Å²) >= 11 is 1.56. The molecule has 356 valence electrons. The van der Waals surface area contributed by atoms with E-state index < -0.39 is 23.8 Å². The molecule has 0 spiro atoms. The second-order valence-electron chi connectivity index (χ2n) is 18.6. The zero-order chi connectivity index (χ0) is 46.6. The smallest absolute Gasteiger partial charge is 0.410 e. The molecule has 0 radical (unpaired) electrons. The first-order chi connectivity index (χ1) is 31.9. The number of benzene rings is 3. The number of thiazole rings is 1. The topological polar surface area (TPSA) is 149 Å². The van der Waals surface area contributed by atoms with Crippen LogP contribution in [0.4, 0.5) is 9.59 Å². The van der Waals surface area contributed by atoms with Gasteiger partial charge in [0, 0.05) is 43.0 Å². The second-order valence-corrected chi connectivity index (χ2v) is 19.5. The minimum absolute atomic E-state index is 0.0148. The highest BCUT2D eigenvalue weighted by Gasteiger charge is 2.41. The molecule has 1 aliphatic carbocycles. The minimum Gasteiger partial charge on any atom is -0.491 e. The van der Waals surface area contributed by atoms with E-state index in [0.29, 0.717) is 46.1 Å². The largest absolute Gasteiger partial charge is 0.491 e. The monoisotopic (exact) mass is 925 g/mol. The van der Waals surface area contributed by atoms with Gasteiger partial charge in [-0.3, -0.25) is 14.5 Å². The van der Waals surface area contributed by atoms with Crippen molar-refractivity contribution in [3.05, 3.63) is 82.7 Å². The van der Waals surface area contributed by atoms with Crippen molar-refractivity contribution >= 4 is 46.1 Å². The number of nitrogens with zero attached hydrogens (tertiary/aromatic N) is 4. The number of fused-ring (bicyclic) bond motifs is 1. The molecule has 3 aliphatic rings. The van der Waals surface area contributed by atoms with Crippen LogP contribution in [0.5, 0.6) is 5.75 Å². The molecule has 3 aromatic carbocycles. The molecule has 1 aromatic heterocycles. The number of nitrogens with one attached hydrogen (secondary N) is 1. The lowest BCUT2D eigenvalue weighted by molar-refractivity contribution is -0.140. The summed E-state index contributed by atoms with van der Waals surface area (Å²) < 4.78 is 29.2. The van der Waals surface area contributed by atoms with Crippen LogP contribution < -0.4 is 10.1 Å². The van der Waals surface area contributed by atoms with Gasteiger partial charge in [-0.25, -0.2) is 14.6 Å². The molecule has 0 bridgehead atoms. The Morgan fingerprint density at radius 3 is 2.29 bits per heavy atom. The first-order valence-corrected chi connectivity index (χ1v) is 24.6. The molecule has 15 heteroatoms. The van der Waals surface area contributed by atoms with Crippen molar-refractivity contribution in [3.8, 4) is 17.0 Å². The van der Waals surface area contributed by atoms with Gasteiger partial charge in [0.1, 0.15) is 41.7 Å². The Balaban J connectivity index is 0.901. The number of aromatic nitrogens is 1. The number of likely N-dealkylation sites (N-methyl/N-ethyl adjacent to an activating group) is 1. The van der Waals surface area contributed by atoms with E-state index in [9.17, 15) is 19.2 Å². The van der Waals surface area contributed by atoms with Crippen molar-refractivity contribution in [1.82, 2.24) is 25.0 Å². The van der Waals surface area contributed by atoms with Crippen LogP contribution in [0.3, 0.4) is 0 Å². The number of amides is 4. The molecule has 4 amide bonds. The highest BCUT2D eigenvalue weighted by molar-refractivity contribution is 7.10. The van der Waals surface area contributed by atoms with Crippen LogP contribution in [-0.4, -0.2) is 121 Å². The second kappa shape index (κ2) is 23.0. The van der Waals surface area contributed by atoms with Gasteiger partial charge in [-0.05, 0) is 95.2 Å². The summed E-state index contributed by atoms with van der Waals surface area (Å²) in [6.07, 6.45) is 7.21. The van der Waals surface area contributed by atoms with E-state index in [1.165, 1.54) is 4.90 Å². The summed E-state index contributed by atoms with van der Waals surface area (Å²) in [6, 6.07) is 20.1. The number of piperidine rings is 1. The number of carbonyl (C=O) groups excluding carboxylic acids is 4. The molecule has 2 aliphatic heterocycles. The lowest BCUT2D eigenvalue weighted by Crippen LogP contribution is -2.56. The van der Waals surface area contributed by atoms with Crippen LogP contribution in [-0.2, 0) is 35.1 Å². The quantitative estimate of drug-likeness (QED) is 0.102. The van der Waals surface area contributed by atoms with Crippen LogP contribution in [0.2, 0.25) is 0 Å². The van der Waals surface area contributed by atoms with Crippen molar-refractivity contribution < 1.29 is 42.9 Å². The van der Waals surface area contributed by atoms with E-state index in [-0.39, 0.29) is 42.6 Å². The average molecular weight is 926 g/mol. The fourth-order valence-electron chi connectivity index (χ4n) is 9.04. The van der Waals surface area contributed by atoms with Crippen molar-refractivity contribution in [3.63, 3.8) is 0 Å². The van der Waals surface area contributed by atoms with Gasteiger partial charge < -0.3 is 38.8 Å². The van der Waals surface area contributed by atoms with E-state index in [4.69, 9.17) is 28.7 Å². The average Bonchev–Trinajstić information content (AvgIpc) is 4.03. The molecule has 14 nitrogen and oxygen atoms in total. The van der Waals surface area contributed by atoms with Crippen LogP contribution in [0.25, 0.3) is 22.0 Å². The molecule has 3 fully saturated rings. The van der Waals surface area contributed by atoms with Gasteiger partial charge in [-0.2, -0.15) is 0 Å². The summed E-state index contributed by atoms with van der Waals surface area (Å²) in [5.41, 5.74) is 2.09. The molecular weight excluding hydrogens is 859 g/mol. The van der Waals surface area contributed by atoms with Crippen LogP contribution in [0.1, 0.15) is 102 Å². The van der Waals surface area contributed by atoms with E-state index in [1.54, 1.807) is 51.0 Å². The summed E-state index contributed by atoms with van der Waals surface area (Å²) in [4.78, 5) is 63.8. The number of likely N-dealkylation sites (tertiary alicyclic amines) is 2. The molecule has 3 unspecified atom stereocenters. The van der Waals surface area contributed by atoms with Crippen LogP contribution >= 0.6 is 11.3 Å². The number of hydrogen-bond donors (Lipinski definition) is 1. The van der Waals surface area contributed by atoms with E-state index in [0.717, 1.165) is 96.1 Å². The summed E-state index contributed by atoms with van der Waals surface area (Å²) in [7, 11) is 1.55. The maximum absolute atomic E-state index is 14.6. The van der Waals surface area contributed by atoms with Crippen LogP contribution in [0, 0.1) is 5.92 Å². The number of ether oxygens (including phenoxy) is 5. The summed E-state index contributed by atoms with van der Waals surface area (Å²) in [6.45, 7) is 10.8. The van der Waals surface area contributed by atoms with Gasteiger partial charge in [0.05, 0.1) is 37.7 Å². The minimum atomic E-state index is -0.826. The Morgan fingerprint density at radius 1 is 0.833 bits per heavy atom. The maximum Gasteiger partial charge on any atom is 0.410 e. The number of hydrogen-bond acceptors (Lipinski definition) is 11. The molecular formula is C51H67N5O9S. The standard InChI is InChI=1S/C51H67N5O9S/c1-35(54(5)49(59)65-51(2,3)4)46(57)53-45(37-17-10-7-11-18-37)48(58)56-26-14-21-43(56)47-52-42(34-66-47)40-22-23-44(41-20-13-12-19-39(40)41)63-32-30-61-29-31-62-38-24-27-55(28-25-38)50(60)64-33-36-15-8-6-9-16-36/h6,8-9,12-13,15-16,19-20,22-23,34-35,37-38,43,45H,7,10-11,14,17-18,21,24-33H2,1-5H3,(H,53,57). The zero-order valence-electron chi connectivity index (χ0n) is 39.2. The summed E-state index contributed by atoms with van der Waals surface area (Å²) in [5.74, 6) is 0.317. The first-order valence-electron chi connectivity index (χ1n) is 23.7. The first kappa shape index (κ1) is 48.7. The Bertz CT molecular complexity index is 2230. The van der Waals surface area contributed by atoms with Crippen molar-refractivity contribution in [1.29, 1.82) is 0 Å². The van der Waals surface area contributed by atoms with Crippen molar-refractivity contribution in [2.45, 2.75) is 122 Å². The van der Waals surface area contributed by atoms with Gasteiger partial charge in [0.15, 0.2) is 0 Å². The highest BCUT2D eigenvalue weighted by Crippen LogP contribution is 2.40. The third kappa shape index (κ3) is 12.8. The van der Waals surface area contributed by atoms with Gasteiger partial charge in [0.2, 0.25) is 11.8 Å². The molecule has 7 rings (SSSR count). The Morgan fingerprint density at radius 2 is 1.55 bits per heavy atom. The van der Waals surface area contributed by atoms with Gasteiger partial charge in [0.25, 0.3) is 0 Å². The molecule has 3 atom stereocenters. The van der Waals surface area contributed by atoms with E-state index in [1.807, 2.05) is 65.6 Å². The molecule has 1 N–H and O–H groups in total. The van der Waals surface area contributed by atoms with E-state index in [2.05, 4.69) is 16.8 Å². The Labute approximate surface area is 393 Å².